The zero-order valence-electron chi connectivity index (χ0n) is 7.17. The highest BCUT2D eigenvalue weighted by molar-refractivity contribution is 6.30. The van der Waals surface area contributed by atoms with E-state index < -0.39 is 24.5 Å². The molecule has 0 fully saturated rings. The van der Waals surface area contributed by atoms with Gasteiger partial charge in [0.15, 0.2) is 0 Å². The molecule has 0 amide bonds. The van der Waals surface area contributed by atoms with E-state index in [2.05, 4.69) is 5.10 Å². The van der Waals surface area contributed by atoms with E-state index in [1.807, 2.05) is 0 Å². The van der Waals surface area contributed by atoms with Gasteiger partial charge in [-0.25, -0.2) is 8.78 Å². The fraction of sp³-hybridized carbons (Fsp3) is 0.429. The van der Waals surface area contributed by atoms with Crippen molar-refractivity contribution < 1.29 is 18.7 Å². The molecule has 0 aliphatic carbocycles. The first-order chi connectivity index (χ1) is 6.43. The average molecular weight is 225 g/mol. The van der Waals surface area contributed by atoms with Crippen LogP contribution in [0.2, 0.25) is 5.15 Å². The molecule has 0 unspecified atom stereocenters. The van der Waals surface area contributed by atoms with Gasteiger partial charge in [-0.15, -0.1) is 0 Å². The summed E-state index contributed by atoms with van der Waals surface area (Å²) in [7, 11) is 1.37. The smallest absolute Gasteiger partial charge is 0.308 e. The molecule has 1 aromatic heterocycles. The van der Waals surface area contributed by atoms with Crippen molar-refractivity contribution in [3.63, 3.8) is 0 Å². The molecule has 4 nitrogen and oxygen atoms in total. The number of nitrogens with zero attached hydrogens (tertiary/aromatic N) is 2. The summed E-state index contributed by atoms with van der Waals surface area (Å²) in [5.41, 5.74) is -0.698. The van der Waals surface area contributed by atoms with E-state index in [1.54, 1.807) is 0 Å². The molecule has 0 saturated heterocycles. The second kappa shape index (κ2) is 3.91. The van der Waals surface area contributed by atoms with Crippen LogP contribution in [0.25, 0.3) is 0 Å². The first kappa shape index (κ1) is 10.9. The first-order valence-corrected chi connectivity index (χ1v) is 4.02. The van der Waals surface area contributed by atoms with Crippen molar-refractivity contribution in [3.8, 4) is 0 Å². The second-order valence-corrected chi connectivity index (χ2v) is 3.01. The van der Waals surface area contributed by atoms with Crippen molar-refractivity contribution in [2.75, 3.05) is 0 Å². The van der Waals surface area contributed by atoms with Crippen molar-refractivity contribution >= 4 is 17.6 Å². The molecule has 1 aromatic rings. The molecule has 1 N–H and O–H groups in total. The van der Waals surface area contributed by atoms with Crippen LogP contribution >= 0.6 is 11.6 Å². The molecule has 1 rings (SSSR count). The number of halogens is 3. The van der Waals surface area contributed by atoms with E-state index in [9.17, 15) is 13.6 Å². The minimum absolute atomic E-state index is 0.0669. The van der Waals surface area contributed by atoms with Crippen molar-refractivity contribution in [2.24, 2.45) is 7.05 Å². The lowest BCUT2D eigenvalue weighted by Gasteiger charge is -1.97. The SMILES string of the molecule is Cn1nc(C(F)F)c(CC(=O)O)c1Cl. The number of hydrogen-bond acceptors (Lipinski definition) is 2. The average Bonchev–Trinajstić information content (AvgIpc) is 2.32. The van der Waals surface area contributed by atoms with Gasteiger partial charge in [0.2, 0.25) is 0 Å². The molecule has 0 saturated carbocycles. The topological polar surface area (TPSA) is 55.1 Å². The van der Waals surface area contributed by atoms with Gasteiger partial charge in [-0.2, -0.15) is 5.10 Å². The Hall–Kier alpha value is -1.17. The Bertz CT molecular complexity index is 365. The summed E-state index contributed by atoms with van der Waals surface area (Å²) in [6.45, 7) is 0. The number of rotatable bonds is 3. The number of carboxylic acids is 1. The Morgan fingerprint density at radius 2 is 2.29 bits per heavy atom. The largest absolute Gasteiger partial charge is 0.481 e. The molecule has 0 radical (unpaired) electrons. The van der Waals surface area contributed by atoms with Crippen molar-refractivity contribution in [1.29, 1.82) is 0 Å². The maximum absolute atomic E-state index is 12.3. The Labute approximate surface area is 83.1 Å². The number of aromatic nitrogens is 2. The van der Waals surface area contributed by atoms with Crippen LogP contribution in [0.15, 0.2) is 0 Å². The minimum atomic E-state index is -2.82. The van der Waals surface area contributed by atoms with Crippen LogP contribution in [0, 0.1) is 0 Å². The number of carboxylic acid groups (broad SMARTS) is 1. The highest BCUT2D eigenvalue weighted by Gasteiger charge is 2.23. The lowest BCUT2D eigenvalue weighted by Crippen LogP contribution is -2.02. The molecular formula is C7H7ClF2N2O2. The van der Waals surface area contributed by atoms with Gasteiger partial charge >= 0.3 is 5.97 Å². The molecule has 78 valence electrons. The first-order valence-electron chi connectivity index (χ1n) is 3.64. The van der Waals surface area contributed by atoms with Crippen LogP contribution in [-0.4, -0.2) is 20.9 Å². The maximum Gasteiger partial charge on any atom is 0.308 e. The lowest BCUT2D eigenvalue weighted by molar-refractivity contribution is -0.136. The number of hydrogen-bond donors (Lipinski definition) is 1. The summed E-state index contributed by atoms with van der Waals surface area (Å²) in [5.74, 6) is -1.22. The Kier molecular flexibility index (Phi) is 3.05. The molecular weight excluding hydrogens is 218 g/mol. The van der Waals surface area contributed by atoms with E-state index in [0.717, 1.165) is 4.68 Å². The second-order valence-electron chi connectivity index (χ2n) is 2.65. The molecule has 0 spiro atoms. The van der Waals surface area contributed by atoms with E-state index >= 15 is 0 Å². The Balaban J connectivity index is 3.16. The van der Waals surface area contributed by atoms with Crippen LogP contribution < -0.4 is 0 Å². The van der Waals surface area contributed by atoms with Gasteiger partial charge in [0.25, 0.3) is 6.43 Å². The summed E-state index contributed by atoms with van der Waals surface area (Å²) in [4.78, 5) is 10.4. The molecule has 0 bridgehead atoms. The van der Waals surface area contributed by atoms with Crippen LogP contribution in [0.3, 0.4) is 0 Å². The predicted molar refractivity (Wildman–Crippen MR) is 44.5 cm³/mol. The van der Waals surface area contributed by atoms with Gasteiger partial charge in [0.05, 0.1) is 6.42 Å². The third kappa shape index (κ3) is 2.01. The van der Waals surface area contributed by atoms with E-state index in [-0.39, 0.29) is 10.7 Å². The quantitative estimate of drug-likeness (QED) is 0.849. The van der Waals surface area contributed by atoms with Crippen molar-refractivity contribution in [3.05, 3.63) is 16.4 Å². The predicted octanol–water partition coefficient (Wildman–Crippen LogP) is 1.64. The van der Waals surface area contributed by atoms with E-state index in [4.69, 9.17) is 16.7 Å². The van der Waals surface area contributed by atoms with Crippen molar-refractivity contribution in [2.45, 2.75) is 12.8 Å². The third-order valence-corrected chi connectivity index (χ3v) is 2.11. The fourth-order valence-corrected chi connectivity index (χ4v) is 1.26. The van der Waals surface area contributed by atoms with Gasteiger partial charge in [0.1, 0.15) is 10.8 Å². The van der Waals surface area contributed by atoms with Gasteiger partial charge in [-0.3, -0.25) is 9.48 Å². The number of alkyl halides is 2. The normalized spacial score (nSPS) is 10.9. The number of aliphatic carboxylic acids is 1. The summed E-state index contributed by atoms with van der Waals surface area (Å²) < 4.78 is 25.7. The van der Waals surface area contributed by atoms with E-state index in [1.165, 1.54) is 7.05 Å². The highest BCUT2D eigenvalue weighted by Crippen LogP contribution is 2.27. The molecule has 1 heterocycles. The maximum atomic E-state index is 12.3. The summed E-state index contributed by atoms with van der Waals surface area (Å²) in [6.07, 6.45) is -3.37. The lowest BCUT2D eigenvalue weighted by atomic mass is 10.2. The van der Waals surface area contributed by atoms with Gasteiger partial charge in [-0.1, -0.05) is 11.6 Å². The molecule has 0 aliphatic rings. The Morgan fingerprint density at radius 1 is 1.71 bits per heavy atom. The summed E-state index contributed by atoms with van der Waals surface area (Å²) in [6, 6.07) is 0. The van der Waals surface area contributed by atoms with Gasteiger partial charge < -0.3 is 5.11 Å². The zero-order valence-corrected chi connectivity index (χ0v) is 7.92. The number of carbonyl (C=O) groups is 1. The van der Waals surface area contributed by atoms with Crippen LogP contribution in [0.4, 0.5) is 8.78 Å². The molecule has 7 heteroatoms. The van der Waals surface area contributed by atoms with Crippen LogP contribution in [-0.2, 0) is 18.3 Å². The zero-order chi connectivity index (χ0) is 10.9. The molecule has 0 aromatic carbocycles. The Morgan fingerprint density at radius 3 is 2.71 bits per heavy atom. The van der Waals surface area contributed by atoms with Crippen LogP contribution in [0.1, 0.15) is 17.7 Å². The summed E-state index contributed by atoms with van der Waals surface area (Å²) >= 11 is 5.61. The third-order valence-electron chi connectivity index (χ3n) is 1.63. The molecule has 14 heavy (non-hydrogen) atoms. The number of aryl methyl sites for hydroxylation is 1. The monoisotopic (exact) mass is 224 g/mol. The van der Waals surface area contributed by atoms with Crippen LogP contribution in [0.5, 0.6) is 0 Å². The van der Waals surface area contributed by atoms with Gasteiger partial charge in [0, 0.05) is 12.6 Å². The highest BCUT2D eigenvalue weighted by atomic mass is 35.5. The fourth-order valence-electron chi connectivity index (χ4n) is 1.06. The van der Waals surface area contributed by atoms with Gasteiger partial charge in [-0.05, 0) is 0 Å². The standard InChI is InChI=1S/C7H7ClF2N2O2/c1-12-6(8)3(2-4(13)14)5(11-12)7(9)10/h7H,2H2,1H3,(H,13,14). The van der Waals surface area contributed by atoms with E-state index in [0.29, 0.717) is 0 Å². The molecule has 0 aliphatic heterocycles. The van der Waals surface area contributed by atoms with Crippen molar-refractivity contribution in [1.82, 2.24) is 9.78 Å². The summed E-state index contributed by atoms with van der Waals surface area (Å²) in [5, 5.41) is 11.8. The molecule has 0 atom stereocenters. The minimum Gasteiger partial charge on any atom is -0.481 e.